The summed E-state index contributed by atoms with van der Waals surface area (Å²) in [5.41, 5.74) is -0.790. The normalized spacial score (nSPS) is 15.2. The van der Waals surface area contributed by atoms with Crippen LogP contribution < -0.4 is 0 Å². The Balaban J connectivity index is 4.97. The fourth-order valence-corrected chi connectivity index (χ4v) is 1.06. The van der Waals surface area contributed by atoms with Crippen molar-refractivity contribution < 1.29 is 39.9 Å². The molecular formula is C11H15F8NO. The van der Waals surface area contributed by atoms with Crippen LogP contribution in [0.4, 0.5) is 35.1 Å². The van der Waals surface area contributed by atoms with Crippen LogP contribution >= 0.6 is 0 Å². The van der Waals surface area contributed by atoms with Gasteiger partial charge in [0, 0.05) is 13.7 Å². The summed E-state index contributed by atoms with van der Waals surface area (Å²) in [7, 11) is 1.32. The minimum atomic E-state index is -6.26. The van der Waals surface area contributed by atoms with Crippen LogP contribution in [0.15, 0.2) is 4.99 Å². The Kier molecular flexibility index (Phi) is 6.16. The first-order valence-electron chi connectivity index (χ1n) is 5.69. The van der Waals surface area contributed by atoms with Crippen molar-refractivity contribution in [2.75, 3.05) is 13.7 Å². The van der Waals surface area contributed by atoms with E-state index >= 15 is 0 Å². The van der Waals surface area contributed by atoms with Gasteiger partial charge in [0.2, 0.25) is 0 Å². The Morgan fingerprint density at radius 1 is 1.05 bits per heavy atom. The highest BCUT2D eigenvalue weighted by atomic mass is 19.4. The zero-order chi connectivity index (χ0) is 17.1. The Hall–Kier alpha value is -0.930. The second-order valence-electron chi connectivity index (χ2n) is 4.87. The van der Waals surface area contributed by atoms with E-state index < -0.39 is 42.6 Å². The molecule has 0 aliphatic heterocycles. The van der Waals surface area contributed by atoms with Crippen LogP contribution in [-0.4, -0.2) is 49.7 Å². The van der Waals surface area contributed by atoms with Crippen LogP contribution in [0.5, 0.6) is 0 Å². The van der Waals surface area contributed by atoms with Gasteiger partial charge in [0.25, 0.3) is 0 Å². The molecule has 126 valence electrons. The van der Waals surface area contributed by atoms with E-state index in [1.807, 2.05) is 0 Å². The van der Waals surface area contributed by atoms with E-state index in [2.05, 4.69) is 4.99 Å². The molecule has 0 aliphatic carbocycles. The van der Waals surface area contributed by atoms with Gasteiger partial charge in [-0.3, -0.25) is 4.99 Å². The van der Waals surface area contributed by atoms with Crippen LogP contribution in [-0.2, 0) is 4.74 Å². The van der Waals surface area contributed by atoms with Gasteiger partial charge in [-0.15, -0.1) is 0 Å². The lowest BCUT2D eigenvalue weighted by Crippen LogP contribution is -2.58. The molecule has 0 N–H and O–H groups in total. The molecule has 0 atom stereocenters. The Morgan fingerprint density at radius 3 is 1.90 bits per heavy atom. The van der Waals surface area contributed by atoms with Crippen LogP contribution in [0.1, 0.15) is 20.3 Å². The van der Waals surface area contributed by atoms with Crippen LogP contribution in [0, 0.1) is 0 Å². The zero-order valence-corrected chi connectivity index (χ0v) is 11.4. The van der Waals surface area contributed by atoms with E-state index in [1.54, 1.807) is 13.8 Å². The van der Waals surface area contributed by atoms with E-state index in [0.717, 1.165) is 0 Å². The van der Waals surface area contributed by atoms with E-state index in [4.69, 9.17) is 4.74 Å². The summed E-state index contributed by atoms with van der Waals surface area (Å²) < 4.78 is 105. The highest BCUT2D eigenvalue weighted by Crippen LogP contribution is 2.47. The molecule has 0 aliphatic rings. The van der Waals surface area contributed by atoms with Crippen molar-refractivity contribution in [1.29, 1.82) is 0 Å². The second-order valence-corrected chi connectivity index (χ2v) is 4.87. The fourth-order valence-electron chi connectivity index (χ4n) is 1.06. The largest absolute Gasteiger partial charge is 0.383 e. The maximum Gasteiger partial charge on any atom is 0.383 e. The van der Waals surface area contributed by atoms with Gasteiger partial charge >= 0.3 is 24.2 Å². The number of rotatable bonds is 8. The van der Waals surface area contributed by atoms with E-state index in [1.165, 1.54) is 7.11 Å². The molecule has 0 bridgehead atoms. The summed E-state index contributed by atoms with van der Waals surface area (Å²) in [6, 6.07) is 0. The third-order valence-electron chi connectivity index (χ3n) is 2.76. The summed E-state index contributed by atoms with van der Waals surface area (Å²) >= 11 is 0. The van der Waals surface area contributed by atoms with Crippen molar-refractivity contribution >= 4 is 6.21 Å². The predicted molar refractivity (Wildman–Crippen MR) is 59.9 cm³/mol. The molecule has 2 nitrogen and oxygen atoms in total. The lowest BCUT2D eigenvalue weighted by Gasteiger charge is -2.30. The topological polar surface area (TPSA) is 21.6 Å². The maximum absolute atomic E-state index is 13.0. The number of halogens is 8. The first-order chi connectivity index (χ1) is 9.21. The van der Waals surface area contributed by atoms with Crippen molar-refractivity contribution in [2.24, 2.45) is 4.99 Å². The minimum absolute atomic E-state index is 0.0346. The SMILES string of the molecule is COC(C)(C)CCN=CC(F)(F)C(F)(F)C(F)(F)C(F)F. The lowest BCUT2D eigenvalue weighted by molar-refractivity contribution is -0.318. The van der Waals surface area contributed by atoms with Crippen molar-refractivity contribution in [3.63, 3.8) is 0 Å². The smallest absolute Gasteiger partial charge is 0.379 e. The number of alkyl halides is 8. The molecule has 0 heterocycles. The third kappa shape index (κ3) is 4.52. The van der Waals surface area contributed by atoms with Gasteiger partial charge in [-0.1, -0.05) is 0 Å². The highest BCUT2D eigenvalue weighted by Gasteiger charge is 2.74. The van der Waals surface area contributed by atoms with Gasteiger partial charge in [0.05, 0.1) is 11.8 Å². The number of ether oxygens (including phenoxy) is 1. The molecule has 0 amide bonds. The Labute approximate surface area is 116 Å². The number of hydrogen-bond donors (Lipinski definition) is 0. The first kappa shape index (κ1) is 20.1. The van der Waals surface area contributed by atoms with Gasteiger partial charge < -0.3 is 4.74 Å². The second kappa shape index (κ2) is 6.45. The molecular weight excluding hydrogens is 314 g/mol. The lowest BCUT2D eigenvalue weighted by atomic mass is 10.0. The molecule has 0 aromatic heterocycles. The van der Waals surface area contributed by atoms with Gasteiger partial charge in [-0.25, -0.2) is 8.78 Å². The highest BCUT2D eigenvalue weighted by molar-refractivity contribution is 5.68. The maximum atomic E-state index is 13.0. The summed E-state index contributed by atoms with van der Waals surface area (Å²) in [4.78, 5) is 2.90. The average Bonchev–Trinajstić information content (AvgIpc) is 2.34. The molecule has 0 unspecified atom stereocenters. The standard InChI is InChI=1S/C11H15F8NO/c1-8(2,21-3)4-5-20-6-9(14,15)11(18,19)10(16,17)7(12)13/h6-7H,4-5H2,1-3H3. The van der Waals surface area contributed by atoms with Crippen LogP contribution in [0.25, 0.3) is 0 Å². The summed E-state index contributed by atoms with van der Waals surface area (Å²) in [5, 5.41) is 0. The molecule has 0 rings (SSSR count). The summed E-state index contributed by atoms with van der Waals surface area (Å²) in [6.07, 6.45) is -5.62. The van der Waals surface area contributed by atoms with Crippen molar-refractivity contribution in [3.05, 3.63) is 0 Å². The molecule has 0 saturated heterocycles. The van der Waals surface area contributed by atoms with Crippen molar-refractivity contribution in [1.82, 2.24) is 0 Å². The van der Waals surface area contributed by atoms with E-state index in [-0.39, 0.29) is 6.42 Å². The number of nitrogens with zero attached hydrogens (tertiary/aromatic N) is 1. The van der Waals surface area contributed by atoms with Gasteiger partial charge in [0.15, 0.2) is 0 Å². The Morgan fingerprint density at radius 2 is 1.52 bits per heavy atom. The summed E-state index contributed by atoms with van der Waals surface area (Å²) in [6.45, 7) is 2.69. The number of methoxy groups -OCH3 is 1. The number of hydrogen-bond acceptors (Lipinski definition) is 2. The molecule has 0 fully saturated rings. The molecule has 0 saturated carbocycles. The fraction of sp³-hybridized carbons (Fsp3) is 0.909. The molecule has 0 aromatic rings. The van der Waals surface area contributed by atoms with Crippen molar-refractivity contribution in [2.45, 2.75) is 50.1 Å². The summed E-state index contributed by atoms with van der Waals surface area (Å²) in [5.74, 6) is -17.9. The number of aliphatic imine (C=N–C) groups is 1. The molecule has 21 heavy (non-hydrogen) atoms. The van der Waals surface area contributed by atoms with E-state index in [0.29, 0.717) is 0 Å². The first-order valence-corrected chi connectivity index (χ1v) is 5.69. The molecule has 10 heteroatoms. The molecule has 0 spiro atoms. The Bertz CT molecular complexity index is 367. The van der Waals surface area contributed by atoms with Gasteiger partial charge in [-0.2, -0.15) is 26.3 Å². The van der Waals surface area contributed by atoms with Gasteiger partial charge in [0.1, 0.15) is 0 Å². The van der Waals surface area contributed by atoms with Crippen LogP contribution in [0.2, 0.25) is 0 Å². The third-order valence-corrected chi connectivity index (χ3v) is 2.76. The monoisotopic (exact) mass is 329 g/mol. The average molecular weight is 329 g/mol. The molecule has 0 aromatic carbocycles. The van der Waals surface area contributed by atoms with Crippen LogP contribution in [0.3, 0.4) is 0 Å². The predicted octanol–water partition coefficient (Wildman–Crippen LogP) is 4.04. The quantitative estimate of drug-likeness (QED) is 0.486. The molecule has 0 radical (unpaired) electrons. The minimum Gasteiger partial charge on any atom is -0.379 e. The zero-order valence-electron chi connectivity index (χ0n) is 11.4. The van der Waals surface area contributed by atoms with Crippen molar-refractivity contribution in [3.8, 4) is 0 Å². The van der Waals surface area contributed by atoms with Gasteiger partial charge in [-0.05, 0) is 20.3 Å². The van der Waals surface area contributed by atoms with E-state index in [9.17, 15) is 35.1 Å².